The fourth-order valence-electron chi connectivity index (χ4n) is 0.817. The Kier molecular flexibility index (Phi) is 3.59. The third-order valence-corrected chi connectivity index (χ3v) is 1.97. The van der Waals surface area contributed by atoms with Gasteiger partial charge in [0.15, 0.2) is 5.82 Å². The van der Waals surface area contributed by atoms with E-state index in [1.54, 1.807) is 0 Å². The molecule has 0 fully saturated rings. The van der Waals surface area contributed by atoms with Crippen molar-refractivity contribution in [3.63, 3.8) is 0 Å². The number of hydrogen-bond acceptors (Lipinski definition) is 5. The first-order chi connectivity index (χ1) is 6.92. The number of aromatic amines is 1. The van der Waals surface area contributed by atoms with E-state index in [4.69, 9.17) is 15.0 Å². The van der Waals surface area contributed by atoms with Gasteiger partial charge in [0.05, 0.1) is 11.9 Å². The predicted molar refractivity (Wildman–Crippen MR) is 49.4 cm³/mol. The third kappa shape index (κ3) is 3.80. The number of rotatable bonds is 4. The monoisotopic (exact) mass is 235 g/mol. The number of nitrogens with zero attached hydrogens (tertiary/aromatic N) is 2. The molecule has 0 aliphatic rings. The Morgan fingerprint density at radius 2 is 2.40 bits per heavy atom. The Hall–Kier alpha value is -1.21. The normalized spacial score (nSPS) is 13.1. The Morgan fingerprint density at radius 3 is 2.93 bits per heavy atom. The SMILES string of the molecule is C/C(=N/O)c1ncc(COP(=O)(O)O)[nH]1. The molecule has 0 radical (unpaired) electrons. The molecule has 0 aliphatic heterocycles. The van der Waals surface area contributed by atoms with Crippen LogP contribution in [0, 0.1) is 0 Å². The highest BCUT2D eigenvalue weighted by atomic mass is 31.2. The first kappa shape index (κ1) is 11.9. The third-order valence-electron chi connectivity index (χ3n) is 1.51. The minimum Gasteiger partial charge on any atom is -0.411 e. The first-order valence-electron chi connectivity index (χ1n) is 3.85. The Balaban J connectivity index is 2.65. The lowest BCUT2D eigenvalue weighted by Gasteiger charge is -2.02. The van der Waals surface area contributed by atoms with E-state index in [1.807, 2.05) is 0 Å². The molecule has 0 unspecified atom stereocenters. The zero-order chi connectivity index (χ0) is 11.5. The zero-order valence-corrected chi connectivity index (χ0v) is 8.68. The van der Waals surface area contributed by atoms with Gasteiger partial charge in [-0.25, -0.2) is 9.55 Å². The molecule has 15 heavy (non-hydrogen) atoms. The summed E-state index contributed by atoms with van der Waals surface area (Å²) in [7, 11) is -4.48. The Morgan fingerprint density at radius 1 is 1.73 bits per heavy atom. The summed E-state index contributed by atoms with van der Waals surface area (Å²) in [5, 5.41) is 11.3. The molecule has 0 saturated heterocycles. The summed E-state index contributed by atoms with van der Waals surface area (Å²) in [6.07, 6.45) is 1.33. The van der Waals surface area contributed by atoms with Crippen molar-refractivity contribution in [2.45, 2.75) is 13.5 Å². The van der Waals surface area contributed by atoms with E-state index >= 15 is 0 Å². The second kappa shape index (κ2) is 4.54. The predicted octanol–water partition coefficient (Wildman–Crippen LogP) is 0.217. The van der Waals surface area contributed by atoms with Crippen molar-refractivity contribution in [2.24, 2.45) is 5.16 Å². The topological polar surface area (TPSA) is 128 Å². The van der Waals surface area contributed by atoms with Gasteiger partial charge in [0.1, 0.15) is 12.3 Å². The molecule has 1 heterocycles. The molecular formula is C6H10N3O5P. The van der Waals surface area contributed by atoms with Crippen molar-refractivity contribution >= 4 is 13.5 Å². The van der Waals surface area contributed by atoms with Crippen molar-refractivity contribution in [1.82, 2.24) is 9.97 Å². The fourth-order valence-corrected chi connectivity index (χ4v) is 1.12. The highest BCUT2D eigenvalue weighted by Crippen LogP contribution is 2.36. The van der Waals surface area contributed by atoms with Gasteiger partial charge in [0.2, 0.25) is 0 Å². The lowest BCUT2D eigenvalue weighted by atomic mass is 10.4. The van der Waals surface area contributed by atoms with Crippen LogP contribution in [0.5, 0.6) is 0 Å². The lowest BCUT2D eigenvalue weighted by Crippen LogP contribution is -1.98. The highest BCUT2D eigenvalue weighted by Gasteiger charge is 2.14. The molecule has 84 valence electrons. The van der Waals surface area contributed by atoms with E-state index in [-0.39, 0.29) is 12.3 Å². The first-order valence-corrected chi connectivity index (χ1v) is 5.38. The molecule has 1 aromatic rings. The fraction of sp³-hybridized carbons (Fsp3) is 0.333. The molecule has 0 spiro atoms. The van der Waals surface area contributed by atoms with Crippen LogP contribution >= 0.6 is 7.82 Å². The quantitative estimate of drug-likeness (QED) is 0.256. The molecule has 4 N–H and O–H groups in total. The summed E-state index contributed by atoms with van der Waals surface area (Å²) < 4.78 is 14.6. The van der Waals surface area contributed by atoms with Crippen LogP contribution in [-0.2, 0) is 15.7 Å². The smallest absolute Gasteiger partial charge is 0.411 e. The van der Waals surface area contributed by atoms with E-state index in [1.165, 1.54) is 13.1 Å². The van der Waals surface area contributed by atoms with E-state index in [0.29, 0.717) is 11.5 Å². The molecule has 8 nitrogen and oxygen atoms in total. The number of imidazole rings is 1. The maximum atomic E-state index is 10.4. The van der Waals surface area contributed by atoms with Crippen molar-refractivity contribution in [3.8, 4) is 0 Å². The summed E-state index contributed by atoms with van der Waals surface area (Å²) in [6, 6.07) is 0. The van der Waals surface area contributed by atoms with Crippen molar-refractivity contribution in [3.05, 3.63) is 17.7 Å². The lowest BCUT2D eigenvalue weighted by molar-refractivity contribution is 0.187. The number of nitrogens with one attached hydrogen (secondary N) is 1. The molecule has 0 atom stereocenters. The maximum absolute atomic E-state index is 10.4. The number of H-pyrrole nitrogens is 1. The van der Waals surface area contributed by atoms with Crippen LogP contribution in [0.15, 0.2) is 11.4 Å². The average Bonchev–Trinajstić information content (AvgIpc) is 2.61. The number of oxime groups is 1. The number of phosphoric ester groups is 1. The molecule has 9 heteroatoms. The number of hydrogen-bond donors (Lipinski definition) is 4. The van der Waals surface area contributed by atoms with E-state index in [2.05, 4.69) is 19.6 Å². The Labute approximate surface area is 84.9 Å². The van der Waals surface area contributed by atoms with Crippen molar-refractivity contribution in [2.75, 3.05) is 0 Å². The molecule has 1 aromatic heterocycles. The molecule has 1 rings (SSSR count). The highest BCUT2D eigenvalue weighted by molar-refractivity contribution is 7.46. The van der Waals surface area contributed by atoms with Crippen LogP contribution in [-0.4, -0.2) is 30.7 Å². The Bertz CT molecular complexity index is 409. The molecule has 0 amide bonds. The molecule has 0 saturated carbocycles. The minimum absolute atomic E-state index is 0.262. The standard InChI is InChI=1S/C6H10N3O5P/c1-4(9-10)6-7-2-5(8-6)3-14-15(11,12)13/h2,10H,3H2,1H3,(H,7,8)(H2,11,12,13)/b9-4-. The van der Waals surface area contributed by atoms with Gasteiger partial charge in [-0.1, -0.05) is 5.16 Å². The van der Waals surface area contributed by atoms with Crippen LogP contribution in [0.1, 0.15) is 18.4 Å². The molecule has 0 aromatic carbocycles. The van der Waals surface area contributed by atoms with Crippen LogP contribution in [0.2, 0.25) is 0 Å². The maximum Gasteiger partial charge on any atom is 0.469 e. The minimum atomic E-state index is -4.48. The van der Waals surface area contributed by atoms with Gasteiger partial charge < -0.3 is 20.0 Å². The summed E-state index contributed by atoms with van der Waals surface area (Å²) >= 11 is 0. The summed E-state index contributed by atoms with van der Waals surface area (Å²) in [4.78, 5) is 23.3. The van der Waals surface area contributed by atoms with Gasteiger partial charge in [0.25, 0.3) is 0 Å². The zero-order valence-electron chi connectivity index (χ0n) is 7.78. The molecular weight excluding hydrogens is 225 g/mol. The van der Waals surface area contributed by atoms with Gasteiger partial charge >= 0.3 is 7.82 Å². The van der Waals surface area contributed by atoms with Gasteiger partial charge in [-0.2, -0.15) is 0 Å². The molecule has 0 aliphatic carbocycles. The van der Waals surface area contributed by atoms with Gasteiger partial charge in [0, 0.05) is 0 Å². The van der Waals surface area contributed by atoms with Crippen LogP contribution in [0.4, 0.5) is 0 Å². The summed E-state index contributed by atoms with van der Waals surface area (Å²) in [5.41, 5.74) is 0.633. The van der Waals surface area contributed by atoms with E-state index in [9.17, 15) is 4.57 Å². The van der Waals surface area contributed by atoms with E-state index in [0.717, 1.165) is 0 Å². The number of phosphoric acid groups is 1. The second-order valence-electron chi connectivity index (χ2n) is 2.71. The van der Waals surface area contributed by atoms with E-state index < -0.39 is 7.82 Å². The molecule has 0 bridgehead atoms. The summed E-state index contributed by atoms with van der Waals surface area (Å²) in [5.74, 6) is 0.307. The largest absolute Gasteiger partial charge is 0.469 e. The van der Waals surface area contributed by atoms with Crippen LogP contribution < -0.4 is 0 Å². The van der Waals surface area contributed by atoms with Crippen LogP contribution in [0.25, 0.3) is 0 Å². The second-order valence-corrected chi connectivity index (χ2v) is 3.95. The van der Waals surface area contributed by atoms with Crippen LogP contribution in [0.3, 0.4) is 0 Å². The van der Waals surface area contributed by atoms with Crippen molar-refractivity contribution < 1.29 is 24.1 Å². The van der Waals surface area contributed by atoms with Gasteiger partial charge in [-0.3, -0.25) is 4.52 Å². The van der Waals surface area contributed by atoms with Gasteiger partial charge in [-0.05, 0) is 6.92 Å². The van der Waals surface area contributed by atoms with Gasteiger partial charge in [-0.15, -0.1) is 0 Å². The average molecular weight is 235 g/mol. The van der Waals surface area contributed by atoms with Crippen molar-refractivity contribution in [1.29, 1.82) is 0 Å². The number of aromatic nitrogens is 2. The summed E-state index contributed by atoms with van der Waals surface area (Å²) in [6.45, 7) is 1.22.